The molecule has 2 fully saturated rings. The first-order valence-electron chi connectivity index (χ1n) is 12.3. The summed E-state index contributed by atoms with van der Waals surface area (Å²) in [6.07, 6.45) is 20.0. The SMILES string of the molecule is CC(=O)[C@H]1CC[C@H]2[C@@H]3C=CC4=CC(=O)CC[C@@]4(C)[C@@H]3CC[C@]12CCCc1cccnc1. The van der Waals surface area contributed by atoms with Crippen LogP contribution in [0.2, 0.25) is 0 Å². The van der Waals surface area contributed by atoms with Crippen LogP contribution < -0.4 is 0 Å². The lowest BCUT2D eigenvalue weighted by Gasteiger charge is -2.57. The summed E-state index contributed by atoms with van der Waals surface area (Å²) < 4.78 is 0. The zero-order valence-electron chi connectivity index (χ0n) is 19.0. The minimum Gasteiger partial charge on any atom is -0.300 e. The molecule has 1 aromatic heterocycles. The molecule has 0 saturated heterocycles. The Morgan fingerprint density at radius 2 is 2.06 bits per heavy atom. The third kappa shape index (κ3) is 3.36. The fraction of sp³-hybridized carbons (Fsp3) is 0.607. The van der Waals surface area contributed by atoms with Crippen molar-refractivity contribution in [2.24, 2.45) is 34.5 Å². The fourth-order valence-corrected chi connectivity index (χ4v) is 8.07. The Kier molecular flexibility index (Phi) is 5.27. The fourth-order valence-electron chi connectivity index (χ4n) is 8.07. The molecule has 6 atom stereocenters. The van der Waals surface area contributed by atoms with Crippen LogP contribution in [0.1, 0.15) is 70.8 Å². The van der Waals surface area contributed by atoms with Crippen molar-refractivity contribution in [2.75, 3.05) is 0 Å². The van der Waals surface area contributed by atoms with E-state index in [1.807, 2.05) is 31.5 Å². The van der Waals surface area contributed by atoms with Crippen LogP contribution in [0.15, 0.2) is 48.3 Å². The molecule has 5 rings (SSSR count). The molecule has 0 aromatic carbocycles. The third-order valence-electron chi connectivity index (χ3n) is 9.55. The van der Waals surface area contributed by atoms with E-state index in [0.29, 0.717) is 30.0 Å². The molecule has 0 unspecified atom stereocenters. The van der Waals surface area contributed by atoms with Gasteiger partial charge >= 0.3 is 0 Å². The Morgan fingerprint density at radius 1 is 1.19 bits per heavy atom. The van der Waals surface area contributed by atoms with Gasteiger partial charge in [-0.05, 0) is 110 Å². The van der Waals surface area contributed by atoms with Crippen LogP contribution in [0, 0.1) is 34.5 Å². The summed E-state index contributed by atoms with van der Waals surface area (Å²) in [7, 11) is 0. The van der Waals surface area contributed by atoms with Crippen molar-refractivity contribution >= 4 is 11.6 Å². The van der Waals surface area contributed by atoms with Gasteiger partial charge in [0, 0.05) is 24.7 Å². The van der Waals surface area contributed by atoms with E-state index in [9.17, 15) is 9.59 Å². The van der Waals surface area contributed by atoms with E-state index in [2.05, 4.69) is 30.1 Å². The maximum atomic E-state index is 12.8. The van der Waals surface area contributed by atoms with E-state index >= 15 is 0 Å². The second-order valence-electron chi connectivity index (χ2n) is 10.9. The van der Waals surface area contributed by atoms with Crippen LogP contribution in [-0.4, -0.2) is 16.6 Å². The Labute approximate surface area is 186 Å². The Morgan fingerprint density at radius 3 is 2.84 bits per heavy atom. The highest BCUT2D eigenvalue weighted by Gasteiger charge is 2.60. The normalized spacial score (nSPS) is 38.8. The van der Waals surface area contributed by atoms with Gasteiger partial charge in [-0.1, -0.05) is 25.1 Å². The summed E-state index contributed by atoms with van der Waals surface area (Å²) >= 11 is 0. The molecular formula is C28H35NO2. The monoisotopic (exact) mass is 417 g/mol. The molecule has 164 valence electrons. The topological polar surface area (TPSA) is 47.0 Å². The molecule has 0 radical (unpaired) electrons. The van der Waals surface area contributed by atoms with E-state index in [1.165, 1.54) is 30.4 Å². The van der Waals surface area contributed by atoms with Gasteiger partial charge < -0.3 is 0 Å². The number of aromatic nitrogens is 1. The predicted octanol–water partition coefficient (Wildman–Crippen LogP) is 5.90. The Balaban J connectivity index is 1.43. The van der Waals surface area contributed by atoms with Crippen molar-refractivity contribution in [3.8, 4) is 0 Å². The van der Waals surface area contributed by atoms with Gasteiger partial charge in [0.2, 0.25) is 0 Å². The first-order valence-corrected chi connectivity index (χ1v) is 12.3. The molecule has 0 spiro atoms. The van der Waals surface area contributed by atoms with Crippen LogP contribution in [-0.2, 0) is 16.0 Å². The molecule has 3 nitrogen and oxygen atoms in total. The van der Waals surface area contributed by atoms with E-state index in [4.69, 9.17) is 0 Å². The number of ketones is 2. The minimum absolute atomic E-state index is 0.128. The zero-order chi connectivity index (χ0) is 21.6. The average molecular weight is 418 g/mol. The number of allylic oxidation sites excluding steroid dienone is 4. The average Bonchev–Trinajstić information content (AvgIpc) is 3.15. The number of carbonyl (C=O) groups is 2. The number of hydrogen-bond acceptors (Lipinski definition) is 3. The minimum atomic E-state index is 0.128. The number of fused-ring (bicyclic) bond motifs is 5. The van der Waals surface area contributed by atoms with Crippen molar-refractivity contribution < 1.29 is 9.59 Å². The maximum Gasteiger partial charge on any atom is 0.156 e. The van der Waals surface area contributed by atoms with Crippen molar-refractivity contribution in [2.45, 2.75) is 71.6 Å². The van der Waals surface area contributed by atoms with Crippen molar-refractivity contribution in [3.63, 3.8) is 0 Å². The third-order valence-corrected chi connectivity index (χ3v) is 9.55. The largest absolute Gasteiger partial charge is 0.300 e. The van der Waals surface area contributed by atoms with Crippen molar-refractivity contribution in [1.82, 2.24) is 4.98 Å². The van der Waals surface area contributed by atoms with Crippen molar-refractivity contribution in [3.05, 3.63) is 53.9 Å². The lowest BCUT2D eigenvalue weighted by Crippen LogP contribution is -2.50. The number of nitrogens with zero attached hydrogens (tertiary/aromatic N) is 1. The summed E-state index contributed by atoms with van der Waals surface area (Å²) in [6.45, 7) is 4.23. The van der Waals surface area contributed by atoms with Gasteiger partial charge in [0.05, 0.1) is 0 Å². The van der Waals surface area contributed by atoms with Gasteiger partial charge in [0.1, 0.15) is 5.78 Å². The molecule has 31 heavy (non-hydrogen) atoms. The highest BCUT2D eigenvalue weighted by molar-refractivity contribution is 5.92. The second-order valence-corrected chi connectivity index (χ2v) is 10.9. The van der Waals surface area contributed by atoms with Gasteiger partial charge in [0.25, 0.3) is 0 Å². The first kappa shape index (κ1) is 20.8. The number of pyridine rings is 1. The molecule has 0 N–H and O–H groups in total. The van der Waals surface area contributed by atoms with Crippen LogP contribution in [0.5, 0.6) is 0 Å². The number of rotatable bonds is 5. The van der Waals surface area contributed by atoms with Crippen LogP contribution in [0.4, 0.5) is 0 Å². The van der Waals surface area contributed by atoms with Crippen LogP contribution in [0.25, 0.3) is 0 Å². The van der Waals surface area contributed by atoms with Crippen LogP contribution in [0.3, 0.4) is 0 Å². The number of Topliss-reactive ketones (excluding diaryl/α,β-unsaturated/α-hetero) is 1. The Hall–Kier alpha value is -2.03. The van der Waals surface area contributed by atoms with E-state index in [0.717, 1.165) is 32.1 Å². The first-order chi connectivity index (χ1) is 14.9. The van der Waals surface area contributed by atoms with Gasteiger partial charge in [-0.15, -0.1) is 0 Å². The number of aryl methyl sites for hydroxylation is 1. The molecule has 4 aliphatic rings. The molecular weight excluding hydrogens is 382 g/mol. The highest BCUT2D eigenvalue weighted by Crippen LogP contribution is 2.66. The molecule has 1 heterocycles. The number of carbonyl (C=O) groups excluding carboxylic acids is 2. The Bertz CT molecular complexity index is 932. The maximum absolute atomic E-state index is 12.8. The summed E-state index contributed by atoms with van der Waals surface area (Å²) in [5, 5.41) is 0. The molecule has 2 saturated carbocycles. The summed E-state index contributed by atoms with van der Waals surface area (Å²) in [5.74, 6) is 2.66. The molecule has 0 aliphatic heterocycles. The zero-order valence-corrected chi connectivity index (χ0v) is 19.0. The summed E-state index contributed by atoms with van der Waals surface area (Å²) in [6, 6.07) is 4.18. The molecule has 4 aliphatic carbocycles. The van der Waals surface area contributed by atoms with Crippen molar-refractivity contribution in [1.29, 1.82) is 0 Å². The van der Waals surface area contributed by atoms with E-state index in [1.54, 1.807) is 0 Å². The molecule has 0 bridgehead atoms. The van der Waals surface area contributed by atoms with Gasteiger partial charge in [-0.3, -0.25) is 14.6 Å². The van der Waals surface area contributed by atoms with Gasteiger partial charge in [0.15, 0.2) is 5.78 Å². The molecule has 1 aromatic rings. The van der Waals surface area contributed by atoms with E-state index in [-0.39, 0.29) is 22.5 Å². The number of hydrogen-bond donors (Lipinski definition) is 0. The highest BCUT2D eigenvalue weighted by atomic mass is 16.1. The summed E-state index contributed by atoms with van der Waals surface area (Å²) in [4.78, 5) is 29.1. The van der Waals surface area contributed by atoms with Crippen LogP contribution >= 0.6 is 0 Å². The lowest BCUT2D eigenvalue weighted by atomic mass is 9.47. The molecule has 0 amide bonds. The van der Waals surface area contributed by atoms with Gasteiger partial charge in [-0.25, -0.2) is 0 Å². The standard InChI is InChI=1S/C28H35NO2/c1-19(30)24-9-10-26-23-8-7-21-17-22(31)11-14-27(21,2)25(23)12-15-28(24,26)13-3-5-20-6-4-16-29-18-20/h4,6-8,16-18,23-26H,3,5,9-15H2,1-2H3/t23-,24-,25-,26+,27-,28-/m1/s1. The quantitative estimate of drug-likeness (QED) is 0.599. The van der Waals surface area contributed by atoms with Gasteiger partial charge in [-0.2, -0.15) is 0 Å². The summed E-state index contributed by atoms with van der Waals surface area (Å²) in [5.41, 5.74) is 2.84. The second kappa shape index (κ2) is 7.83. The predicted molar refractivity (Wildman–Crippen MR) is 122 cm³/mol. The smallest absolute Gasteiger partial charge is 0.156 e. The lowest BCUT2D eigenvalue weighted by molar-refractivity contribution is -0.128. The van der Waals surface area contributed by atoms with E-state index < -0.39 is 0 Å². The molecule has 3 heteroatoms.